The fourth-order valence-electron chi connectivity index (χ4n) is 4.38. The van der Waals surface area contributed by atoms with Crippen LogP contribution in [0.3, 0.4) is 0 Å². The van der Waals surface area contributed by atoms with Gasteiger partial charge in [-0.2, -0.15) is 0 Å². The number of quaternary nitrogens is 1. The molecule has 0 saturated carbocycles. The molecule has 1 amide bonds. The van der Waals surface area contributed by atoms with Crippen molar-refractivity contribution in [1.82, 2.24) is 4.90 Å². The number of benzene rings is 1. The average molecular weight is 450 g/mol. The highest BCUT2D eigenvalue weighted by molar-refractivity contribution is 5.95. The Morgan fingerprint density at radius 3 is 1.94 bits per heavy atom. The largest absolute Gasteiger partial charge is 0.545 e. The standard InChI is InChI=1S/C18H26N2O4.C4H4O4/c1-19-8-12-5-13(9-19)11-20(10-12)18(21)14-6-15(22-2)17(24-4)16(7-14)23-3;5-3(6)1-2-4(7)8/h6-7,12-13H,5,8-11H2,1-4H3;1-2H,(H,5,6)(H,7,8)/b;2-1-. The first-order chi connectivity index (χ1) is 15.2. The van der Waals surface area contributed by atoms with Crippen LogP contribution in [0.2, 0.25) is 0 Å². The Morgan fingerprint density at radius 2 is 1.56 bits per heavy atom. The molecule has 2 atom stereocenters. The van der Waals surface area contributed by atoms with Gasteiger partial charge in [0.05, 0.1) is 47.4 Å². The van der Waals surface area contributed by atoms with Crippen molar-refractivity contribution in [3.8, 4) is 17.2 Å². The number of carbonyl (C=O) groups excluding carboxylic acids is 2. The van der Waals surface area contributed by atoms with Crippen molar-refractivity contribution < 1.29 is 43.7 Å². The maximum atomic E-state index is 13.0. The Morgan fingerprint density at radius 1 is 1.03 bits per heavy atom. The Hall–Kier alpha value is -3.27. The minimum Gasteiger partial charge on any atom is -0.545 e. The second kappa shape index (κ2) is 11.4. The summed E-state index contributed by atoms with van der Waals surface area (Å²) in [6.45, 7) is 3.97. The molecule has 176 valence electrons. The number of nitrogens with zero attached hydrogens (tertiary/aromatic N) is 1. The zero-order chi connectivity index (χ0) is 23.8. The fraction of sp³-hybridized carbons (Fsp3) is 0.500. The van der Waals surface area contributed by atoms with Crippen LogP contribution in [0.15, 0.2) is 24.3 Å². The Kier molecular flexibility index (Phi) is 8.89. The number of likely N-dealkylation sites (tertiary alicyclic amines) is 2. The molecule has 32 heavy (non-hydrogen) atoms. The van der Waals surface area contributed by atoms with Gasteiger partial charge >= 0.3 is 5.97 Å². The highest BCUT2D eigenvalue weighted by Crippen LogP contribution is 2.38. The van der Waals surface area contributed by atoms with Gasteiger partial charge in [-0.3, -0.25) is 4.79 Å². The number of fused-ring (bicyclic) bond motifs is 2. The van der Waals surface area contributed by atoms with Crippen LogP contribution < -0.4 is 24.2 Å². The van der Waals surface area contributed by atoms with E-state index in [0.29, 0.717) is 46.8 Å². The molecule has 0 aromatic heterocycles. The van der Waals surface area contributed by atoms with Crippen molar-refractivity contribution in [1.29, 1.82) is 0 Å². The molecule has 0 spiro atoms. The molecule has 0 aliphatic carbocycles. The number of hydrogen-bond acceptors (Lipinski definition) is 7. The molecule has 2 bridgehead atoms. The van der Waals surface area contributed by atoms with E-state index in [4.69, 9.17) is 19.3 Å². The van der Waals surface area contributed by atoms with Gasteiger partial charge in [-0.25, -0.2) is 4.79 Å². The third kappa shape index (κ3) is 6.61. The number of rotatable bonds is 6. The lowest BCUT2D eigenvalue weighted by Gasteiger charge is -2.42. The number of aliphatic carboxylic acids is 2. The van der Waals surface area contributed by atoms with Crippen LogP contribution >= 0.6 is 0 Å². The third-order valence-electron chi connectivity index (χ3n) is 5.46. The summed E-state index contributed by atoms with van der Waals surface area (Å²) in [5, 5.41) is 17.2. The second-order valence-electron chi connectivity index (χ2n) is 7.95. The molecule has 1 aromatic carbocycles. The van der Waals surface area contributed by atoms with Gasteiger partial charge in [0, 0.05) is 36.6 Å². The second-order valence-corrected chi connectivity index (χ2v) is 7.95. The maximum Gasteiger partial charge on any atom is 0.328 e. The van der Waals surface area contributed by atoms with Crippen LogP contribution in [0.4, 0.5) is 0 Å². The number of piperidine rings is 2. The van der Waals surface area contributed by atoms with Gasteiger partial charge in [0.1, 0.15) is 0 Å². The summed E-state index contributed by atoms with van der Waals surface area (Å²) < 4.78 is 16.1. The summed E-state index contributed by atoms with van der Waals surface area (Å²) in [4.78, 5) is 35.6. The van der Waals surface area contributed by atoms with Crippen molar-refractivity contribution in [3.63, 3.8) is 0 Å². The van der Waals surface area contributed by atoms with Crippen molar-refractivity contribution in [2.45, 2.75) is 6.42 Å². The number of carboxylic acids is 2. The number of amides is 1. The van der Waals surface area contributed by atoms with Crippen LogP contribution in [0, 0.1) is 11.8 Å². The predicted octanol–water partition coefficient (Wildman–Crippen LogP) is -1.30. The highest BCUT2D eigenvalue weighted by Gasteiger charge is 2.37. The van der Waals surface area contributed by atoms with Crippen molar-refractivity contribution >= 4 is 17.8 Å². The average Bonchev–Trinajstić information content (AvgIpc) is 2.75. The van der Waals surface area contributed by atoms with E-state index in [9.17, 15) is 19.5 Å². The van der Waals surface area contributed by atoms with E-state index in [2.05, 4.69) is 7.05 Å². The number of methoxy groups -OCH3 is 3. The monoisotopic (exact) mass is 450 g/mol. The first-order valence-electron chi connectivity index (χ1n) is 10.2. The zero-order valence-corrected chi connectivity index (χ0v) is 18.8. The minimum absolute atomic E-state index is 0.0449. The van der Waals surface area contributed by atoms with Gasteiger partial charge < -0.3 is 39.0 Å². The summed E-state index contributed by atoms with van der Waals surface area (Å²) in [6, 6.07) is 3.48. The quantitative estimate of drug-likeness (QED) is 0.512. The van der Waals surface area contributed by atoms with E-state index in [0.717, 1.165) is 26.2 Å². The lowest BCUT2D eigenvalue weighted by atomic mass is 9.84. The van der Waals surface area contributed by atoms with Crippen molar-refractivity contribution in [2.24, 2.45) is 11.8 Å². The minimum atomic E-state index is -1.51. The molecule has 10 nitrogen and oxygen atoms in total. The number of ether oxygens (including phenoxy) is 3. The van der Waals surface area contributed by atoms with E-state index < -0.39 is 11.9 Å². The zero-order valence-electron chi connectivity index (χ0n) is 18.8. The van der Waals surface area contributed by atoms with Gasteiger partial charge in [0.25, 0.3) is 5.91 Å². The summed E-state index contributed by atoms with van der Waals surface area (Å²) in [7, 11) is 6.94. The molecule has 0 radical (unpaired) electrons. The lowest BCUT2D eigenvalue weighted by Crippen LogP contribution is -3.12. The van der Waals surface area contributed by atoms with Gasteiger partial charge in [-0.1, -0.05) is 0 Å². The summed E-state index contributed by atoms with van der Waals surface area (Å²) in [5.41, 5.74) is 0.588. The van der Waals surface area contributed by atoms with E-state index in [-0.39, 0.29) is 5.91 Å². The third-order valence-corrected chi connectivity index (χ3v) is 5.46. The van der Waals surface area contributed by atoms with E-state index >= 15 is 0 Å². The molecule has 2 unspecified atom stereocenters. The van der Waals surface area contributed by atoms with Gasteiger partial charge in [0.2, 0.25) is 5.75 Å². The molecule has 2 aliphatic heterocycles. The first kappa shape index (κ1) is 25.0. The maximum absolute atomic E-state index is 13.0. The van der Waals surface area contributed by atoms with Crippen LogP contribution in [-0.2, 0) is 9.59 Å². The molecular formula is C22H30N2O8. The number of hydrogen-bond donors (Lipinski definition) is 2. The smallest absolute Gasteiger partial charge is 0.328 e. The Labute approximate surface area is 187 Å². The summed E-state index contributed by atoms with van der Waals surface area (Å²) in [5.74, 6) is -0.0162. The molecule has 2 N–H and O–H groups in total. The topological polar surface area (TPSA) is 130 Å². The summed E-state index contributed by atoms with van der Waals surface area (Å²) >= 11 is 0. The van der Waals surface area contributed by atoms with E-state index in [1.807, 2.05) is 4.90 Å². The molecule has 1 aromatic rings. The first-order valence-corrected chi connectivity index (χ1v) is 10.2. The molecule has 10 heteroatoms. The van der Waals surface area contributed by atoms with E-state index in [1.54, 1.807) is 38.4 Å². The van der Waals surface area contributed by atoms with Gasteiger partial charge in [0.15, 0.2) is 11.5 Å². The van der Waals surface area contributed by atoms with Crippen LogP contribution in [0.1, 0.15) is 16.8 Å². The number of carbonyl (C=O) groups is 3. The van der Waals surface area contributed by atoms with Crippen LogP contribution in [0.25, 0.3) is 0 Å². The molecule has 2 saturated heterocycles. The highest BCUT2D eigenvalue weighted by atomic mass is 16.5. The molecule has 2 heterocycles. The number of carboxylic acid groups (broad SMARTS) is 2. The van der Waals surface area contributed by atoms with Gasteiger partial charge in [-0.15, -0.1) is 0 Å². The SMILES string of the molecule is COc1cc(C(=O)N2CC3CC(C2)C[NH+](C)C3)cc(OC)c1OC.O=C([O-])/C=C\C(=O)O. The van der Waals surface area contributed by atoms with E-state index in [1.165, 1.54) is 6.42 Å². The number of nitrogens with one attached hydrogen (secondary N) is 1. The van der Waals surface area contributed by atoms with Crippen LogP contribution in [0.5, 0.6) is 17.2 Å². The Bertz CT molecular complexity index is 810. The summed E-state index contributed by atoms with van der Waals surface area (Å²) in [6.07, 6.45) is 2.19. The van der Waals surface area contributed by atoms with Crippen molar-refractivity contribution in [3.05, 3.63) is 29.8 Å². The molecule has 2 fully saturated rings. The van der Waals surface area contributed by atoms with Gasteiger partial charge in [-0.05, 0) is 24.6 Å². The molecular weight excluding hydrogens is 420 g/mol. The molecule has 3 rings (SSSR count). The predicted molar refractivity (Wildman–Crippen MR) is 112 cm³/mol. The lowest BCUT2D eigenvalue weighted by molar-refractivity contribution is -0.893. The Balaban J connectivity index is 0.000000390. The normalized spacial score (nSPS) is 21.9. The van der Waals surface area contributed by atoms with Crippen LogP contribution in [-0.4, -0.2) is 82.4 Å². The molecule has 2 aliphatic rings. The van der Waals surface area contributed by atoms with Crippen molar-refractivity contribution in [2.75, 3.05) is 54.6 Å². The fourth-order valence-corrected chi connectivity index (χ4v) is 4.38.